The number of rotatable bonds is 7. The molecule has 0 aliphatic rings. The van der Waals surface area contributed by atoms with E-state index in [9.17, 15) is 9.59 Å². The molecule has 0 spiro atoms. The van der Waals surface area contributed by atoms with Crippen LogP contribution >= 0.6 is 0 Å². The van der Waals surface area contributed by atoms with E-state index in [-0.39, 0.29) is 5.91 Å². The minimum absolute atomic E-state index is 0.287. The molecule has 5 N–H and O–H groups in total. The second kappa shape index (κ2) is 8.02. The smallest absolute Gasteiger partial charge is 0.316 e. The van der Waals surface area contributed by atoms with Crippen molar-refractivity contribution in [3.8, 4) is 5.75 Å². The summed E-state index contributed by atoms with van der Waals surface area (Å²) in [5.74, 6) is 0.0759. The predicted molar refractivity (Wildman–Crippen MR) is 92.4 cm³/mol. The summed E-state index contributed by atoms with van der Waals surface area (Å²) < 4.78 is 5.76. The molecule has 3 amide bonds. The van der Waals surface area contributed by atoms with Gasteiger partial charge in [-0.25, -0.2) is 4.79 Å². The molecule has 1 aromatic heterocycles. The summed E-state index contributed by atoms with van der Waals surface area (Å²) in [5.41, 5.74) is 6.53. The van der Waals surface area contributed by atoms with Gasteiger partial charge in [-0.3, -0.25) is 4.79 Å². The van der Waals surface area contributed by atoms with E-state index in [4.69, 9.17) is 10.5 Å². The largest absolute Gasteiger partial charge is 0.488 e. The third-order valence-electron chi connectivity index (χ3n) is 3.17. The molecule has 0 bridgehead atoms. The van der Waals surface area contributed by atoms with E-state index >= 15 is 0 Å². The van der Waals surface area contributed by atoms with E-state index in [1.165, 1.54) is 0 Å². The fourth-order valence-corrected chi connectivity index (χ4v) is 2.01. The molecule has 1 heterocycles. The van der Waals surface area contributed by atoms with Crippen molar-refractivity contribution in [1.29, 1.82) is 0 Å². The Morgan fingerprint density at radius 1 is 1.21 bits per heavy atom. The van der Waals surface area contributed by atoms with Crippen LogP contribution in [0.25, 0.3) is 0 Å². The first-order valence-corrected chi connectivity index (χ1v) is 7.38. The highest BCUT2D eigenvalue weighted by Crippen LogP contribution is 2.33. The number of para-hydroxylation sites is 1. The van der Waals surface area contributed by atoms with Gasteiger partial charge in [-0.15, -0.1) is 0 Å². The third kappa shape index (κ3) is 4.75. The Kier molecular flexibility index (Phi) is 5.80. The maximum atomic E-state index is 12.2. The molecular weight excluding hydrogens is 310 g/mol. The SMILES string of the molecule is CN(C)CCOc1c(NC(N)=O)cccc1NC(=O)c1cc[nH]c1. The van der Waals surface area contributed by atoms with Crippen molar-refractivity contribution in [2.75, 3.05) is 37.9 Å². The average molecular weight is 331 g/mol. The summed E-state index contributed by atoms with van der Waals surface area (Å²) in [6, 6.07) is 6.00. The van der Waals surface area contributed by atoms with Crippen LogP contribution in [0.15, 0.2) is 36.7 Å². The van der Waals surface area contributed by atoms with Crippen molar-refractivity contribution in [2.24, 2.45) is 5.73 Å². The lowest BCUT2D eigenvalue weighted by molar-refractivity contribution is 0.102. The molecule has 0 unspecified atom stereocenters. The van der Waals surface area contributed by atoms with Crippen LogP contribution in [-0.4, -0.2) is 49.1 Å². The Labute approximate surface area is 140 Å². The first-order chi connectivity index (χ1) is 11.5. The van der Waals surface area contributed by atoms with Crippen molar-refractivity contribution < 1.29 is 14.3 Å². The Hall–Kier alpha value is -3.00. The lowest BCUT2D eigenvalue weighted by atomic mass is 10.2. The van der Waals surface area contributed by atoms with Gasteiger partial charge in [0.05, 0.1) is 16.9 Å². The zero-order valence-electron chi connectivity index (χ0n) is 13.6. The topological polar surface area (TPSA) is 112 Å². The highest BCUT2D eigenvalue weighted by atomic mass is 16.5. The molecule has 24 heavy (non-hydrogen) atoms. The number of nitrogens with two attached hydrogens (primary N) is 1. The summed E-state index contributed by atoms with van der Waals surface area (Å²) >= 11 is 0. The number of ether oxygens (including phenoxy) is 1. The van der Waals surface area contributed by atoms with Crippen molar-refractivity contribution in [3.05, 3.63) is 42.2 Å². The molecule has 0 saturated carbocycles. The van der Waals surface area contributed by atoms with Gasteiger partial charge >= 0.3 is 6.03 Å². The number of H-pyrrole nitrogens is 1. The fourth-order valence-electron chi connectivity index (χ4n) is 2.01. The molecule has 128 valence electrons. The Bertz CT molecular complexity index is 698. The zero-order chi connectivity index (χ0) is 17.5. The van der Waals surface area contributed by atoms with Crippen molar-refractivity contribution in [1.82, 2.24) is 9.88 Å². The molecule has 2 rings (SSSR count). The summed E-state index contributed by atoms with van der Waals surface area (Å²) in [6.07, 6.45) is 3.25. The molecule has 0 aliphatic heterocycles. The number of benzene rings is 1. The van der Waals surface area contributed by atoms with Gasteiger partial charge in [0, 0.05) is 18.9 Å². The molecule has 1 aromatic carbocycles. The van der Waals surface area contributed by atoms with Crippen LogP contribution in [0, 0.1) is 0 Å². The number of urea groups is 1. The molecule has 8 heteroatoms. The number of nitrogens with zero attached hydrogens (tertiary/aromatic N) is 1. The van der Waals surface area contributed by atoms with Crippen LogP contribution in [0.3, 0.4) is 0 Å². The van der Waals surface area contributed by atoms with Crippen molar-refractivity contribution >= 4 is 23.3 Å². The van der Waals surface area contributed by atoms with Gasteiger partial charge in [0.1, 0.15) is 6.61 Å². The number of hydrogen-bond donors (Lipinski definition) is 4. The van der Waals surface area contributed by atoms with Crippen LogP contribution in [0.4, 0.5) is 16.2 Å². The summed E-state index contributed by atoms with van der Waals surface area (Å²) in [7, 11) is 3.84. The van der Waals surface area contributed by atoms with Gasteiger partial charge in [-0.2, -0.15) is 0 Å². The number of hydrogen-bond acceptors (Lipinski definition) is 4. The zero-order valence-corrected chi connectivity index (χ0v) is 13.6. The van der Waals surface area contributed by atoms with Gasteiger partial charge in [0.25, 0.3) is 5.91 Å². The number of aromatic nitrogens is 1. The van der Waals surface area contributed by atoms with Crippen molar-refractivity contribution in [3.63, 3.8) is 0 Å². The molecular formula is C16H21N5O3. The lowest BCUT2D eigenvalue weighted by Crippen LogP contribution is -2.23. The summed E-state index contributed by atoms with van der Waals surface area (Å²) in [5, 5.41) is 5.28. The molecule has 0 atom stereocenters. The van der Waals surface area contributed by atoms with Crippen LogP contribution in [0.1, 0.15) is 10.4 Å². The predicted octanol–water partition coefficient (Wildman–Crippen LogP) is 1.70. The first-order valence-electron chi connectivity index (χ1n) is 7.38. The van der Waals surface area contributed by atoms with Gasteiger partial charge in [-0.1, -0.05) is 6.07 Å². The highest BCUT2D eigenvalue weighted by Gasteiger charge is 2.15. The number of likely N-dealkylation sites (N-methyl/N-ethyl adjacent to an activating group) is 1. The average Bonchev–Trinajstić information content (AvgIpc) is 3.03. The molecule has 0 aliphatic carbocycles. The number of primary amides is 1. The van der Waals surface area contributed by atoms with Crippen LogP contribution in [0.2, 0.25) is 0 Å². The van der Waals surface area contributed by atoms with E-state index in [0.29, 0.717) is 35.8 Å². The number of amides is 3. The minimum Gasteiger partial charge on any atom is -0.488 e. The number of aromatic amines is 1. The number of carbonyl (C=O) groups is 2. The van der Waals surface area contributed by atoms with Gasteiger partial charge in [0.15, 0.2) is 5.75 Å². The Morgan fingerprint density at radius 3 is 2.50 bits per heavy atom. The standard InChI is InChI=1S/C16H21N5O3/c1-21(2)8-9-24-14-12(4-3-5-13(14)20-16(17)23)19-15(22)11-6-7-18-10-11/h3-7,10,18H,8-9H2,1-2H3,(H,19,22)(H3,17,20,23). The van der Waals surface area contributed by atoms with Gasteiger partial charge in [-0.05, 0) is 32.3 Å². The monoisotopic (exact) mass is 331 g/mol. The molecule has 8 nitrogen and oxygen atoms in total. The number of carbonyl (C=O) groups excluding carboxylic acids is 2. The normalized spacial score (nSPS) is 10.5. The van der Waals surface area contributed by atoms with Crippen LogP contribution < -0.4 is 21.1 Å². The van der Waals surface area contributed by atoms with Crippen LogP contribution in [0.5, 0.6) is 5.75 Å². The summed E-state index contributed by atoms with van der Waals surface area (Å²) in [6.45, 7) is 1.06. The second-order valence-corrected chi connectivity index (χ2v) is 5.38. The lowest BCUT2D eigenvalue weighted by Gasteiger charge is -2.17. The molecule has 0 fully saturated rings. The van der Waals surface area contributed by atoms with E-state index in [1.54, 1.807) is 36.7 Å². The Balaban J connectivity index is 2.23. The maximum Gasteiger partial charge on any atom is 0.316 e. The third-order valence-corrected chi connectivity index (χ3v) is 3.17. The number of nitrogens with one attached hydrogen (secondary N) is 3. The Morgan fingerprint density at radius 2 is 1.92 bits per heavy atom. The highest BCUT2D eigenvalue weighted by molar-refractivity contribution is 6.05. The number of anilines is 2. The maximum absolute atomic E-state index is 12.2. The van der Waals surface area contributed by atoms with E-state index in [2.05, 4.69) is 15.6 Å². The second-order valence-electron chi connectivity index (χ2n) is 5.38. The quantitative estimate of drug-likeness (QED) is 0.618. The molecule has 2 aromatic rings. The van der Waals surface area contributed by atoms with E-state index in [1.807, 2.05) is 19.0 Å². The minimum atomic E-state index is -0.707. The molecule has 0 saturated heterocycles. The van der Waals surface area contributed by atoms with Crippen LogP contribution in [-0.2, 0) is 0 Å². The van der Waals surface area contributed by atoms with Gasteiger partial charge < -0.3 is 31.0 Å². The van der Waals surface area contributed by atoms with E-state index in [0.717, 1.165) is 0 Å². The molecule has 0 radical (unpaired) electrons. The fraction of sp³-hybridized carbons (Fsp3) is 0.250. The summed E-state index contributed by atoms with van der Waals surface area (Å²) in [4.78, 5) is 28.2. The van der Waals surface area contributed by atoms with Gasteiger partial charge in [0.2, 0.25) is 0 Å². The van der Waals surface area contributed by atoms with Crippen molar-refractivity contribution in [2.45, 2.75) is 0 Å². The first kappa shape index (κ1) is 17.4. The van der Waals surface area contributed by atoms with E-state index < -0.39 is 6.03 Å².